The minimum Gasteiger partial charge on any atom is -0.465 e. The molecule has 0 spiro atoms. The zero-order valence-electron chi connectivity index (χ0n) is 24.9. The van der Waals surface area contributed by atoms with Crippen LogP contribution >= 0.6 is 0 Å². The first-order chi connectivity index (χ1) is 19.9. The molecule has 1 saturated carbocycles. The van der Waals surface area contributed by atoms with Crippen LogP contribution in [-0.2, 0) is 4.74 Å². The molecule has 0 radical (unpaired) electrons. The van der Waals surface area contributed by atoms with Crippen molar-refractivity contribution < 1.29 is 23.4 Å². The number of amides is 1. The topological polar surface area (TPSA) is 109 Å². The lowest BCUT2D eigenvalue weighted by Crippen LogP contribution is -2.52. The molecule has 2 aromatic heterocycles. The van der Waals surface area contributed by atoms with Crippen LogP contribution in [0.2, 0.25) is 0 Å². The fourth-order valence-electron chi connectivity index (χ4n) is 6.41. The highest BCUT2D eigenvalue weighted by atomic mass is 19.3. The number of carbonyl (C=O) groups is 1. The average molecular weight is 586 g/mol. The summed E-state index contributed by atoms with van der Waals surface area (Å²) in [6.07, 6.45) is -0.401. The second-order valence-corrected chi connectivity index (χ2v) is 12.5. The van der Waals surface area contributed by atoms with Gasteiger partial charge in [0.25, 0.3) is 6.43 Å². The number of halogens is 2. The Morgan fingerprint density at radius 3 is 2.33 bits per heavy atom. The van der Waals surface area contributed by atoms with E-state index in [0.29, 0.717) is 54.2 Å². The summed E-state index contributed by atoms with van der Waals surface area (Å²) >= 11 is 0. The number of aromatic nitrogens is 4. The summed E-state index contributed by atoms with van der Waals surface area (Å²) in [5.74, 6) is 1.26. The van der Waals surface area contributed by atoms with Gasteiger partial charge in [0.15, 0.2) is 5.82 Å². The van der Waals surface area contributed by atoms with Crippen molar-refractivity contribution in [3.05, 3.63) is 36.2 Å². The largest absolute Gasteiger partial charge is 0.465 e. The molecule has 12 heteroatoms. The van der Waals surface area contributed by atoms with Gasteiger partial charge in [0.2, 0.25) is 5.95 Å². The molecular weight excluding hydrogens is 544 g/mol. The van der Waals surface area contributed by atoms with Crippen LogP contribution in [0, 0.1) is 5.92 Å². The molecule has 1 saturated heterocycles. The average Bonchev–Trinajstić information content (AvgIpc) is 3.31. The molecule has 3 heterocycles. The summed E-state index contributed by atoms with van der Waals surface area (Å²) in [4.78, 5) is 29.4. The second-order valence-electron chi connectivity index (χ2n) is 12.5. The Hall–Kier alpha value is -3.54. The number of anilines is 2. The first-order valence-corrected chi connectivity index (χ1v) is 14.7. The molecule has 42 heavy (non-hydrogen) atoms. The van der Waals surface area contributed by atoms with Gasteiger partial charge in [0, 0.05) is 37.3 Å². The maximum atomic E-state index is 14.2. The van der Waals surface area contributed by atoms with Gasteiger partial charge in [0.1, 0.15) is 11.6 Å². The smallest absolute Gasteiger partial charge is 0.407 e. The van der Waals surface area contributed by atoms with Crippen molar-refractivity contribution in [2.75, 3.05) is 29.9 Å². The third-order valence-electron chi connectivity index (χ3n) is 8.11. The minimum absolute atomic E-state index is 0.0112. The van der Waals surface area contributed by atoms with Crippen LogP contribution < -0.4 is 10.2 Å². The van der Waals surface area contributed by atoms with Crippen molar-refractivity contribution in [3.63, 3.8) is 0 Å². The molecule has 1 aliphatic carbocycles. The van der Waals surface area contributed by atoms with Gasteiger partial charge in [-0.15, -0.1) is 0 Å². The van der Waals surface area contributed by atoms with Gasteiger partial charge < -0.3 is 25.0 Å². The summed E-state index contributed by atoms with van der Waals surface area (Å²) in [5.41, 5.74) is 0.556. The van der Waals surface area contributed by atoms with Gasteiger partial charge in [0.05, 0.1) is 23.2 Å². The monoisotopic (exact) mass is 585 g/mol. The fraction of sp³-hybridized carbons (Fsp3) is 0.600. The van der Waals surface area contributed by atoms with E-state index in [1.54, 1.807) is 35.2 Å². The molecule has 228 valence electrons. The minimum atomic E-state index is -2.79. The molecule has 2 fully saturated rings. The Bertz CT molecular complexity index is 1390. The van der Waals surface area contributed by atoms with Crippen LogP contribution in [0.4, 0.5) is 25.3 Å². The van der Waals surface area contributed by atoms with E-state index in [1.165, 1.54) is 4.57 Å². The maximum absolute atomic E-state index is 14.2. The van der Waals surface area contributed by atoms with Gasteiger partial charge >= 0.3 is 6.09 Å². The molecule has 10 nitrogen and oxygen atoms in total. The maximum Gasteiger partial charge on any atom is 0.407 e. The zero-order chi connectivity index (χ0) is 30.2. The van der Waals surface area contributed by atoms with Gasteiger partial charge in [-0.25, -0.2) is 18.6 Å². The first kappa shape index (κ1) is 29.9. The van der Waals surface area contributed by atoms with Gasteiger partial charge in [-0.3, -0.25) is 4.57 Å². The molecule has 3 aromatic rings. The molecule has 1 aromatic carbocycles. The summed E-state index contributed by atoms with van der Waals surface area (Å²) in [7, 11) is 0. The van der Waals surface area contributed by atoms with Crippen LogP contribution in [-0.4, -0.2) is 79.0 Å². The number of nitrogens with one attached hydrogen (secondary N) is 1. The highest BCUT2D eigenvalue weighted by molar-refractivity contribution is 5.78. The predicted molar refractivity (Wildman–Crippen MR) is 158 cm³/mol. The normalized spacial score (nSPS) is 23.4. The standard InChI is InChI=1S/C30H41F2N7O3/c1-18-16-37(17-19(2)42-18)24-14-25(38-23-9-7-6-8-22(23)34-27(38)26(31)32)36-28(35-24)33-15-20-10-12-21(13-11-20)39(29(40)41)30(3,4)5/h6-9,14,18-21,26H,10-13,15-17H2,1-5H3,(H,40,41)(H,33,35,36). The number of hydrogen-bond acceptors (Lipinski definition) is 7. The van der Waals surface area contributed by atoms with Crippen molar-refractivity contribution in [3.8, 4) is 5.82 Å². The van der Waals surface area contributed by atoms with E-state index in [1.807, 2.05) is 34.6 Å². The van der Waals surface area contributed by atoms with Crippen LogP contribution in [0.1, 0.15) is 72.6 Å². The van der Waals surface area contributed by atoms with E-state index in [4.69, 9.17) is 14.7 Å². The lowest BCUT2D eigenvalue weighted by Gasteiger charge is -2.42. The molecule has 1 aliphatic heterocycles. The highest BCUT2D eigenvalue weighted by Gasteiger charge is 2.35. The van der Waals surface area contributed by atoms with Crippen LogP contribution in [0.3, 0.4) is 0 Å². The van der Waals surface area contributed by atoms with E-state index in [0.717, 1.165) is 25.7 Å². The number of para-hydroxylation sites is 2. The van der Waals surface area contributed by atoms with Crippen molar-refractivity contribution in [1.29, 1.82) is 0 Å². The van der Waals surface area contributed by atoms with Gasteiger partial charge in [-0.1, -0.05) is 12.1 Å². The third kappa shape index (κ3) is 6.43. The van der Waals surface area contributed by atoms with Crippen molar-refractivity contribution in [2.24, 2.45) is 5.92 Å². The lowest BCUT2D eigenvalue weighted by atomic mass is 9.84. The van der Waals surface area contributed by atoms with Crippen molar-refractivity contribution >= 4 is 28.9 Å². The number of benzene rings is 1. The predicted octanol–water partition coefficient (Wildman–Crippen LogP) is 6.12. The number of fused-ring (bicyclic) bond motifs is 1. The second kappa shape index (κ2) is 12.0. The summed E-state index contributed by atoms with van der Waals surface area (Å²) in [6.45, 7) is 11.6. The molecule has 1 amide bonds. The quantitative estimate of drug-likeness (QED) is 0.342. The Labute approximate surface area is 245 Å². The van der Waals surface area contributed by atoms with E-state index in [2.05, 4.69) is 15.2 Å². The molecule has 2 N–H and O–H groups in total. The number of morpholine rings is 1. The first-order valence-electron chi connectivity index (χ1n) is 14.7. The summed E-state index contributed by atoms with van der Waals surface area (Å²) < 4.78 is 35.7. The van der Waals surface area contributed by atoms with Crippen molar-refractivity contribution in [1.82, 2.24) is 24.4 Å². The third-order valence-corrected chi connectivity index (χ3v) is 8.11. The zero-order valence-corrected chi connectivity index (χ0v) is 24.9. The molecule has 2 aliphatic rings. The number of alkyl halides is 2. The van der Waals surface area contributed by atoms with Crippen LogP contribution in [0.25, 0.3) is 16.9 Å². The Morgan fingerprint density at radius 1 is 1.07 bits per heavy atom. The molecule has 2 atom stereocenters. The lowest BCUT2D eigenvalue weighted by molar-refractivity contribution is -0.00546. The highest BCUT2D eigenvalue weighted by Crippen LogP contribution is 2.33. The van der Waals surface area contributed by atoms with Crippen molar-refractivity contribution in [2.45, 2.75) is 90.5 Å². The van der Waals surface area contributed by atoms with Crippen LogP contribution in [0.5, 0.6) is 0 Å². The summed E-state index contributed by atoms with van der Waals surface area (Å²) in [5, 5.41) is 13.2. The number of nitrogens with zero attached hydrogens (tertiary/aromatic N) is 6. The molecule has 2 unspecified atom stereocenters. The Balaban J connectivity index is 1.41. The fourth-order valence-corrected chi connectivity index (χ4v) is 6.41. The molecule has 5 rings (SSSR count). The Kier molecular flexibility index (Phi) is 8.54. The van der Waals surface area contributed by atoms with E-state index >= 15 is 0 Å². The number of imidazole rings is 1. The van der Waals surface area contributed by atoms with E-state index in [9.17, 15) is 18.7 Å². The van der Waals surface area contributed by atoms with Gasteiger partial charge in [-0.2, -0.15) is 9.97 Å². The SMILES string of the molecule is CC1CN(c2cc(-n3c(C(F)F)nc4ccccc43)nc(NCC3CCC(N(C(=O)O)C(C)(C)C)CC3)n2)CC(C)O1. The number of carboxylic acid groups (broad SMARTS) is 1. The van der Waals surface area contributed by atoms with E-state index < -0.39 is 18.1 Å². The van der Waals surface area contributed by atoms with Gasteiger partial charge in [-0.05, 0) is 78.4 Å². The summed E-state index contributed by atoms with van der Waals surface area (Å²) in [6, 6.07) is 8.77. The molecule has 0 bridgehead atoms. The number of hydrogen-bond donors (Lipinski definition) is 2. The van der Waals surface area contributed by atoms with Crippen LogP contribution in [0.15, 0.2) is 30.3 Å². The number of ether oxygens (including phenoxy) is 1. The van der Waals surface area contributed by atoms with E-state index in [-0.39, 0.29) is 24.1 Å². The molecular formula is C30H41F2N7O3. The number of rotatable bonds is 7. The Morgan fingerprint density at radius 2 is 1.71 bits per heavy atom.